The summed E-state index contributed by atoms with van der Waals surface area (Å²) in [6.45, 7) is 5.13. The zero-order valence-corrected chi connectivity index (χ0v) is 29.4. The lowest BCUT2D eigenvalue weighted by Crippen LogP contribution is -2.54. The van der Waals surface area contributed by atoms with Gasteiger partial charge in [0, 0.05) is 30.1 Å². The van der Waals surface area contributed by atoms with E-state index in [2.05, 4.69) is 5.32 Å². The molecule has 0 unspecified atom stereocenters. The summed E-state index contributed by atoms with van der Waals surface area (Å²) < 4.78 is 40.5. The molecule has 48 heavy (non-hydrogen) atoms. The van der Waals surface area contributed by atoms with Crippen molar-refractivity contribution in [3.05, 3.63) is 119 Å². The molecule has 2 atom stereocenters. The van der Waals surface area contributed by atoms with Gasteiger partial charge in [-0.3, -0.25) is 13.9 Å². The van der Waals surface area contributed by atoms with E-state index in [1.165, 1.54) is 37.3 Å². The highest BCUT2D eigenvalue weighted by Gasteiger charge is 2.35. The summed E-state index contributed by atoms with van der Waals surface area (Å²) in [5, 5.41) is 3.45. The topological polar surface area (TPSA) is 105 Å². The van der Waals surface area contributed by atoms with Crippen molar-refractivity contribution in [2.24, 2.45) is 0 Å². The number of benzene rings is 4. The molecule has 11 heteroatoms. The Hall–Kier alpha value is -4.54. The fraction of sp³-hybridized carbons (Fsp3) is 0.297. The number of hydrogen-bond donors (Lipinski definition) is 1. The van der Waals surface area contributed by atoms with Crippen molar-refractivity contribution in [2.75, 3.05) is 25.1 Å². The zero-order chi connectivity index (χ0) is 34.8. The van der Waals surface area contributed by atoms with Gasteiger partial charge in [0.25, 0.3) is 10.0 Å². The third-order valence-corrected chi connectivity index (χ3v) is 10.3. The summed E-state index contributed by atoms with van der Waals surface area (Å²) in [7, 11) is -1.46. The minimum atomic E-state index is -4.34. The molecule has 2 amide bonds. The molecule has 0 aromatic heterocycles. The molecule has 0 bridgehead atoms. The summed E-state index contributed by atoms with van der Waals surface area (Å²) in [5.74, 6) is -0.354. The van der Waals surface area contributed by atoms with Crippen molar-refractivity contribution < 1.29 is 27.5 Å². The van der Waals surface area contributed by atoms with Gasteiger partial charge in [-0.05, 0) is 61.7 Å². The number of nitrogens with one attached hydrogen (secondary N) is 1. The molecule has 0 aliphatic rings. The molecule has 4 rings (SSSR count). The number of ether oxygens (including phenoxy) is 2. The minimum Gasteiger partial charge on any atom is -0.493 e. The molecule has 0 heterocycles. The van der Waals surface area contributed by atoms with Crippen LogP contribution in [0.5, 0.6) is 11.5 Å². The van der Waals surface area contributed by atoms with Crippen molar-refractivity contribution in [1.29, 1.82) is 0 Å². The van der Waals surface area contributed by atoms with Gasteiger partial charge < -0.3 is 19.7 Å². The van der Waals surface area contributed by atoms with E-state index in [0.717, 1.165) is 15.4 Å². The van der Waals surface area contributed by atoms with Gasteiger partial charge in [-0.15, -0.1) is 0 Å². The van der Waals surface area contributed by atoms with Crippen molar-refractivity contribution in [2.45, 2.75) is 57.1 Å². The molecule has 0 fully saturated rings. The molecule has 4 aromatic carbocycles. The summed E-state index contributed by atoms with van der Waals surface area (Å²) in [6.07, 6.45) is 0.888. The van der Waals surface area contributed by atoms with Crippen LogP contribution in [-0.2, 0) is 32.6 Å². The standard InChI is InChI=1S/C37H42ClN3O6S/c1-6-27(3)39-37(43)33(22-28-12-8-7-9-13-28)40(24-29-14-10-11-15-32(29)38)36(42)25-41(30-18-16-26(2)17-19-30)48(44,45)31-20-21-34(46-4)35(23-31)47-5/h7-21,23,27,33H,6,22,24-25H2,1-5H3,(H,39,43)/t27-,33-/m0/s1. The van der Waals surface area contributed by atoms with Crippen molar-refractivity contribution in [3.8, 4) is 11.5 Å². The van der Waals surface area contributed by atoms with Crippen LogP contribution < -0.4 is 19.1 Å². The fourth-order valence-corrected chi connectivity index (χ4v) is 6.77. The van der Waals surface area contributed by atoms with E-state index < -0.39 is 28.5 Å². The number of methoxy groups -OCH3 is 2. The molecular formula is C37H42ClN3O6S. The van der Waals surface area contributed by atoms with Crippen LogP contribution in [-0.4, -0.2) is 58.0 Å². The first-order valence-electron chi connectivity index (χ1n) is 15.7. The Labute approximate surface area is 288 Å². The van der Waals surface area contributed by atoms with E-state index in [0.29, 0.717) is 22.8 Å². The SMILES string of the molecule is CC[C@H](C)NC(=O)[C@H](Cc1ccccc1)N(Cc1ccccc1Cl)C(=O)CN(c1ccc(C)cc1)S(=O)(=O)c1ccc(OC)c(OC)c1. The number of carbonyl (C=O) groups excluding carboxylic acids is 2. The van der Waals surface area contributed by atoms with Gasteiger partial charge in [0.2, 0.25) is 11.8 Å². The second kappa shape index (κ2) is 16.5. The van der Waals surface area contributed by atoms with Gasteiger partial charge in [-0.25, -0.2) is 8.42 Å². The van der Waals surface area contributed by atoms with Crippen molar-refractivity contribution in [3.63, 3.8) is 0 Å². The average Bonchev–Trinajstić information content (AvgIpc) is 3.09. The van der Waals surface area contributed by atoms with E-state index in [1.807, 2.05) is 51.1 Å². The maximum Gasteiger partial charge on any atom is 0.264 e. The van der Waals surface area contributed by atoms with Crippen molar-refractivity contribution >= 4 is 39.1 Å². The first-order chi connectivity index (χ1) is 23.0. The number of halogens is 1. The van der Waals surface area contributed by atoms with Crippen molar-refractivity contribution in [1.82, 2.24) is 10.2 Å². The molecule has 0 aliphatic carbocycles. The maximum absolute atomic E-state index is 14.7. The Balaban J connectivity index is 1.84. The van der Waals surface area contributed by atoms with Crippen LogP contribution in [0.15, 0.2) is 102 Å². The average molecular weight is 692 g/mol. The molecular weight excluding hydrogens is 650 g/mol. The van der Waals surface area contributed by atoms with Gasteiger partial charge in [-0.1, -0.05) is 84.8 Å². The number of aryl methyl sites for hydroxylation is 1. The van der Waals surface area contributed by atoms with Crippen LogP contribution in [0, 0.1) is 6.92 Å². The van der Waals surface area contributed by atoms with Crippen LogP contribution in [0.25, 0.3) is 0 Å². The van der Waals surface area contributed by atoms with E-state index in [1.54, 1.807) is 48.5 Å². The monoisotopic (exact) mass is 691 g/mol. The zero-order valence-electron chi connectivity index (χ0n) is 27.9. The van der Waals surface area contributed by atoms with Crippen LogP contribution in [0.1, 0.15) is 37.0 Å². The van der Waals surface area contributed by atoms with Crippen LogP contribution in [0.3, 0.4) is 0 Å². The molecule has 0 saturated carbocycles. The Bertz CT molecular complexity index is 1800. The Morgan fingerprint density at radius 1 is 0.875 bits per heavy atom. The summed E-state index contributed by atoms with van der Waals surface area (Å²) in [5.41, 5.74) is 2.65. The quantitative estimate of drug-likeness (QED) is 0.154. The largest absolute Gasteiger partial charge is 0.493 e. The normalized spacial score (nSPS) is 12.5. The molecule has 0 aliphatic heterocycles. The Morgan fingerprint density at radius 3 is 2.15 bits per heavy atom. The summed E-state index contributed by atoms with van der Waals surface area (Å²) in [4.78, 5) is 30.0. The second-order valence-electron chi connectivity index (χ2n) is 11.5. The van der Waals surface area contributed by atoms with E-state index >= 15 is 0 Å². The lowest BCUT2D eigenvalue weighted by Gasteiger charge is -2.34. The van der Waals surface area contributed by atoms with Gasteiger partial charge in [0.1, 0.15) is 12.6 Å². The highest BCUT2D eigenvalue weighted by Crippen LogP contribution is 2.33. The third-order valence-electron chi connectivity index (χ3n) is 8.11. The second-order valence-corrected chi connectivity index (χ2v) is 13.8. The number of nitrogens with zero attached hydrogens (tertiary/aromatic N) is 2. The van der Waals surface area contributed by atoms with Gasteiger partial charge in [0.05, 0.1) is 24.8 Å². The summed E-state index contributed by atoms with van der Waals surface area (Å²) in [6, 6.07) is 26.5. The molecule has 0 saturated heterocycles. The van der Waals surface area contributed by atoms with Crippen LogP contribution in [0.4, 0.5) is 5.69 Å². The highest BCUT2D eigenvalue weighted by atomic mass is 35.5. The van der Waals surface area contributed by atoms with E-state index in [9.17, 15) is 18.0 Å². The first-order valence-corrected chi connectivity index (χ1v) is 17.5. The predicted octanol–water partition coefficient (Wildman–Crippen LogP) is 6.42. The number of amides is 2. The molecule has 0 radical (unpaired) electrons. The lowest BCUT2D eigenvalue weighted by molar-refractivity contribution is -0.140. The fourth-order valence-electron chi connectivity index (χ4n) is 5.15. The smallest absolute Gasteiger partial charge is 0.264 e. The molecule has 0 spiro atoms. The van der Waals surface area contributed by atoms with Crippen LogP contribution >= 0.6 is 11.6 Å². The van der Waals surface area contributed by atoms with Gasteiger partial charge >= 0.3 is 0 Å². The Kier molecular flexibility index (Phi) is 12.5. The lowest BCUT2D eigenvalue weighted by atomic mass is 10.0. The van der Waals surface area contributed by atoms with Gasteiger partial charge in [-0.2, -0.15) is 0 Å². The van der Waals surface area contributed by atoms with Crippen LogP contribution in [0.2, 0.25) is 5.02 Å². The Morgan fingerprint density at radius 2 is 1.52 bits per heavy atom. The van der Waals surface area contributed by atoms with E-state index in [4.69, 9.17) is 21.1 Å². The molecule has 254 valence electrons. The van der Waals surface area contributed by atoms with Gasteiger partial charge in [0.15, 0.2) is 11.5 Å². The molecule has 1 N–H and O–H groups in total. The first kappa shape index (κ1) is 36.3. The predicted molar refractivity (Wildman–Crippen MR) is 189 cm³/mol. The molecule has 9 nitrogen and oxygen atoms in total. The number of carbonyl (C=O) groups is 2. The number of anilines is 1. The summed E-state index contributed by atoms with van der Waals surface area (Å²) >= 11 is 6.58. The third kappa shape index (κ3) is 8.87. The number of sulfonamides is 1. The number of hydrogen-bond acceptors (Lipinski definition) is 6. The minimum absolute atomic E-state index is 0.0257. The number of rotatable bonds is 15. The van der Waals surface area contributed by atoms with E-state index in [-0.39, 0.29) is 41.2 Å². The highest BCUT2D eigenvalue weighted by molar-refractivity contribution is 7.92. The molecule has 4 aromatic rings. The maximum atomic E-state index is 14.7.